The zero-order chi connectivity index (χ0) is 15.2. The minimum absolute atomic E-state index is 0.00269. The van der Waals surface area contributed by atoms with Crippen LogP contribution in [0.3, 0.4) is 0 Å². The fraction of sp³-hybridized carbons (Fsp3) is 0.533. The Morgan fingerprint density at radius 1 is 1.40 bits per heavy atom. The summed E-state index contributed by atoms with van der Waals surface area (Å²) >= 11 is 0. The molecule has 0 aliphatic rings. The van der Waals surface area contributed by atoms with E-state index < -0.39 is 5.41 Å². The number of nitrogens with two attached hydrogens (primary N) is 1. The Labute approximate surface area is 120 Å². The second-order valence-corrected chi connectivity index (χ2v) is 5.42. The Balaban J connectivity index is 2.71. The highest BCUT2D eigenvalue weighted by atomic mass is 16.5. The molecule has 0 atom stereocenters. The lowest BCUT2D eigenvalue weighted by molar-refractivity contribution is -0.128. The Hall–Kier alpha value is -1.91. The van der Waals surface area contributed by atoms with Crippen LogP contribution in [0.25, 0.3) is 0 Å². The highest BCUT2D eigenvalue weighted by molar-refractivity contribution is 5.82. The van der Waals surface area contributed by atoms with Crippen LogP contribution in [0.4, 0.5) is 11.4 Å². The summed E-state index contributed by atoms with van der Waals surface area (Å²) in [5.41, 5.74) is 6.89. The Kier molecular flexibility index (Phi) is 5.67. The van der Waals surface area contributed by atoms with Gasteiger partial charge in [-0.2, -0.15) is 0 Å². The Bertz CT molecular complexity index is 458. The second-order valence-electron chi connectivity index (χ2n) is 5.42. The van der Waals surface area contributed by atoms with Crippen molar-refractivity contribution in [2.45, 2.75) is 27.2 Å². The maximum absolute atomic E-state index is 11.7. The van der Waals surface area contributed by atoms with Gasteiger partial charge >= 0.3 is 0 Å². The first kappa shape index (κ1) is 16.1. The standard InChI is InChI=1S/C15H25N3O2/c1-5-8-20-13-9-11(6-7-12(13)16)18-10-15(2,3)14(19)17-4/h6-7,9,18H,5,8,10,16H2,1-4H3,(H,17,19). The van der Waals surface area contributed by atoms with Crippen molar-refractivity contribution in [1.82, 2.24) is 5.32 Å². The van der Waals surface area contributed by atoms with E-state index in [1.54, 1.807) is 13.1 Å². The summed E-state index contributed by atoms with van der Waals surface area (Å²) in [7, 11) is 1.64. The number of nitrogens with one attached hydrogen (secondary N) is 2. The topological polar surface area (TPSA) is 76.4 Å². The summed E-state index contributed by atoms with van der Waals surface area (Å²) < 4.78 is 5.58. The monoisotopic (exact) mass is 279 g/mol. The average molecular weight is 279 g/mol. The van der Waals surface area contributed by atoms with Crippen molar-refractivity contribution in [3.05, 3.63) is 18.2 Å². The van der Waals surface area contributed by atoms with Crippen LogP contribution in [0.1, 0.15) is 27.2 Å². The second kappa shape index (κ2) is 7.03. The summed E-state index contributed by atoms with van der Waals surface area (Å²) in [6, 6.07) is 5.55. The summed E-state index contributed by atoms with van der Waals surface area (Å²) in [6.45, 7) is 7.00. The van der Waals surface area contributed by atoms with Gasteiger partial charge in [0, 0.05) is 25.3 Å². The summed E-state index contributed by atoms with van der Waals surface area (Å²) in [5, 5.41) is 5.91. The Morgan fingerprint density at radius 2 is 2.10 bits per heavy atom. The lowest BCUT2D eigenvalue weighted by Crippen LogP contribution is -2.39. The highest BCUT2D eigenvalue weighted by Crippen LogP contribution is 2.26. The SMILES string of the molecule is CCCOc1cc(NCC(C)(C)C(=O)NC)ccc1N. The predicted octanol–water partition coefficient (Wildman–Crippen LogP) is 2.24. The lowest BCUT2D eigenvalue weighted by Gasteiger charge is -2.23. The van der Waals surface area contributed by atoms with Crippen LogP contribution in [0.2, 0.25) is 0 Å². The largest absolute Gasteiger partial charge is 0.491 e. The summed E-state index contributed by atoms with van der Waals surface area (Å²) in [5.74, 6) is 0.678. The molecule has 0 saturated heterocycles. The van der Waals surface area contributed by atoms with Gasteiger partial charge in [-0.25, -0.2) is 0 Å². The van der Waals surface area contributed by atoms with Crippen LogP contribution >= 0.6 is 0 Å². The van der Waals surface area contributed by atoms with Crippen molar-refractivity contribution in [1.29, 1.82) is 0 Å². The molecule has 112 valence electrons. The highest BCUT2D eigenvalue weighted by Gasteiger charge is 2.26. The number of carbonyl (C=O) groups is 1. The molecule has 0 radical (unpaired) electrons. The van der Waals surface area contributed by atoms with E-state index in [1.165, 1.54) is 0 Å². The number of rotatable bonds is 7. The smallest absolute Gasteiger partial charge is 0.227 e. The van der Waals surface area contributed by atoms with Crippen LogP contribution in [-0.4, -0.2) is 26.1 Å². The van der Waals surface area contributed by atoms with Crippen molar-refractivity contribution in [3.63, 3.8) is 0 Å². The number of carbonyl (C=O) groups excluding carboxylic acids is 1. The van der Waals surface area contributed by atoms with Gasteiger partial charge in [0.15, 0.2) is 0 Å². The van der Waals surface area contributed by atoms with E-state index in [9.17, 15) is 4.79 Å². The van der Waals surface area contributed by atoms with Crippen molar-refractivity contribution < 1.29 is 9.53 Å². The van der Waals surface area contributed by atoms with E-state index in [4.69, 9.17) is 10.5 Å². The van der Waals surface area contributed by atoms with Crippen molar-refractivity contribution in [3.8, 4) is 5.75 Å². The first-order valence-corrected chi connectivity index (χ1v) is 6.89. The van der Waals surface area contributed by atoms with Gasteiger partial charge in [-0.3, -0.25) is 4.79 Å². The number of hydrogen-bond donors (Lipinski definition) is 3. The molecule has 0 unspecified atom stereocenters. The molecule has 1 aromatic rings. The normalized spacial score (nSPS) is 11.0. The van der Waals surface area contributed by atoms with Gasteiger partial charge in [0.2, 0.25) is 5.91 Å². The first-order valence-electron chi connectivity index (χ1n) is 6.89. The fourth-order valence-corrected chi connectivity index (χ4v) is 1.72. The third kappa shape index (κ3) is 4.33. The number of nitrogen functional groups attached to an aromatic ring is 1. The number of anilines is 2. The zero-order valence-electron chi connectivity index (χ0n) is 12.7. The van der Waals surface area contributed by atoms with Crippen LogP contribution in [0, 0.1) is 5.41 Å². The number of ether oxygens (including phenoxy) is 1. The molecular formula is C15H25N3O2. The van der Waals surface area contributed by atoms with E-state index in [0.29, 0.717) is 24.6 Å². The average Bonchev–Trinajstić information content (AvgIpc) is 2.44. The van der Waals surface area contributed by atoms with Crippen LogP contribution < -0.4 is 21.1 Å². The van der Waals surface area contributed by atoms with Gasteiger partial charge in [0.05, 0.1) is 17.7 Å². The molecule has 0 aromatic heterocycles. The molecule has 1 rings (SSSR count). The van der Waals surface area contributed by atoms with Crippen LogP contribution in [0.15, 0.2) is 18.2 Å². The molecule has 5 nitrogen and oxygen atoms in total. The maximum atomic E-state index is 11.7. The maximum Gasteiger partial charge on any atom is 0.227 e. The van der Waals surface area contributed by atoms with Crippen LogP contribution in [0.5, 0.6) is 5.75 Å². The molecule has 0 aliphatic carbocycles. The van der Waals surface area contributed by atoms with E-state index in [0.717, 1.165) is 12.1 Å². The molecule has 0 fully saturated rings. The third-order valence-electron chi connectivity index (χ3n) is 3.05. The molecule has 20 heavy (non-hydrogen) atoms. The molecule has 5 heteroatoms. The van der Waals surface area contributed by atoms with E-state index in [2.05, 4.69) is 10.6 Å². The van der Waals surface area contributed by atoms with Gasteiger partial charge in [0.1, 0.15) is 5.75 Å². The lowest BCUT2D eigenvalue weighted by atomic mass is 9.92. The predicted molar refractivity (Wildman–Crippen MR) is 83.0 cm³/mol. The van der Waals surface area contributed by atoms with Crippen molar-refractivity contribution in [2.24, 2.45) is 5.41 Å². The number of hydrogen-bond acceptors (Lipinski definition) is 4. The van der Waals surface area contributed by atoms with Gasteiger partial charge in [0.25, 0.3) is 0 Å². The third-order valence-corrected chi connectivity index (χ3v) is 3.05. The molecule has 0 saturated carbocycles. The molecule has 0 bridgehead atoms. The Morgan fingerprint density at radius 3 is 2.70 bits per heavy atom. The number of benzene rings is 1. The molecule has 4 N–H and O–H groups in total. The minimum atomic E-state index is -0.486. The zero-order valence-corrected chi connectivity index (χ0v) is 12.7. The molecule has 0 aliphatic heterocycles. The van der Waals surface area contributed by atoms with E-state index >= 15 is 0 Å². The number of amides is 1. The van der Waals surface area contributed by atoms with Gasteiger partial charge in [-0.15, -0.1) is 0 Å². The molecule has 0 spiro atoms. The molecule has 0 heterocycles. The molecule has 1 aromatic carbocycles. The minimum Gasteiger partial charge on any atom is -0.491 e. The van der Waals surface area contributed by atoms with Crippen molar-refractivity contribution >= 4 is 17.3 Å². The summed E-state index contributed by atoms with van der Waals surface area (Å²) in [4.78, 5) is 11.7. The van der Waals surface area contributed by atoms with Crippen molar-refractivity contribution in [2.75, 3.05) is 31.2 Å². The summed E-state index contributed by atoms with van der Waals surface area (Å²) in [6.07, 6.45) is 0.931. The fourth-order valence-electron chi connectivity index (χ4n) is 1.72. The van der Waals surface area contributed by atoms with Gasteiger partial charge < -0.3 is 21.1 Å². The first-order chi connectivity index (χ1) is 9.40. The van der Waals surface area contributed by atoms with E-state index in [-0.39, 0.29) is 5.91 Å². The molecule has 1 amide bonds. The van der Waals surface area contributed by atoms with Crippen LogP contribution in [-0.2, 0) is 4.79 Å². The van der Waals surface area contributed by atoms with Gasteiger partial charge in [-0.05, 0) is 32.4 Å². The van der Waals surface area contributed by atoms with E-state index in [1.807, 2.05) is 32.9 Å². The van der Waals surface area contributed by atoms with Gasteiger partial charge in [-0.1, -0.05) is 6.92 Å². The molecular weight excluding hydrogens is 254 g/mol. The quantitative estimate of drug-likeness (QED) is 0.669.